The summed E-state index contributed by atoms with van der Waals surface area (Å²) in [5.74, 6) is -0.0174. The van der Waals surface area contributed by atoms with E-state index in [1.807, 2.05) is 42.3 Å². The largest absolute Gasteiger partial charge is 0.337 e. The Kier molecular flexibility index (Phi) is 5.05. The first-order valence-corrected chi connectivity index (χ1v) is 8.45. The Morgan fingerprint density at radius 1 is 1.17 bits per heavy atom. The first-order chi connectivity index (χ1) is 11.2. The molecular weight excluding hydrogens is 288 g/mol. The van der Waals surface area contributed by atoms with Gasteiger partial charge in [-0.3, -0.25) is 4.79 Å². The standard InChI is InChI=1S/C18H24N4O/c1-21(16-11-7-2-3-8-12-16)18(23)17-14-22(20-19-17)13-15-9-5-4-6-10-15/h4-6,9-10,14,16H,2-3,7-8,11-13H2,1H3. The SMILES string of the molecule is CN(C(=O)c1cn(Cc2ccccc2)nn1)C1CCCCCC1. The van der Waals surface area contributed by atoms with Gasteiger partial charge in [-0.1, -0.05) is 61.2 Å². The van der Waals surface area contributed by atoms with Crippen LogP contribution in [-0.2, 0) is 6.54 Å². The third kappa shape index (κ3) is 3.97. The molecule has 0 atom stereocenters. The van der Waals surface area contributed by atoms with Crippen LogP contribution in [0.2, 0.25) is 0 Å². The van der Waals surface area contributed by atoms with E-state index >= 15 is 0 Å². The van der Waals surface area contributed by atoms with E-state index in [0.717, 1.165) is 18.4 Å². The van der Waals surface area contributed by atoms with Crippen LogP contribution in [0.3, 0.4) is 0 Å². The summed E-state index contributed by atoms with van der Waals surface area (Å²) in [7, 11) is 1.90. The van der Waals surface area contributed by atoms with Gasteiger partial charge in [0, 0.05) is 13.1 Å². The Morgan fingerprint density at radius 2 is 1.87 bits per heavy atom. The van der Waals surface area contributed by atoms with Crippen molar-refractivity contribution in [3.63, 3.8) is 0 Å². The van der Waals surface area contributed by atoms with Gasteiger partial charge >= 0.3 is 0 Å². The van der Waals surface area contributed by atoms with Crippen LogP contribution in [0.15, 0.2) is 36.5 Å². The highest BCUT2D eigenvalue weighted by Crippen LogP contribution is 2.22. The number of carbonyl (C=O) groups is 1. The Balaban J connectivity index is 1.65. The molecule has 3 rings (SSSR count). The maximum Gasteiger partial charge on any atom is 0.276 e. The van der Waals surface area contributed by atoms with E-state index in [2.05, 4.69) is 10.3 Å². The topological polar surface area (TPSA) is 51.0 Å². The van der Waals surface area contributed by atoms with E-state index in [4.69, 9.17) is 0 Å². The Hall–Kier alpha value is -2.17. The van der Waals surface area contributed by atoms with Gasteiger partial charge in [-0.2, -0.15) is 0 Å². The van der Waals surface area contributed by atoms with Gasteiger partial charge in [0.25, 0.3) is 5.91 Å². The van der Waals surface area contributed by atoms with Crippen molar-refractivity contribution in [3.05, 3.63) is 47.8 Å². The Bertz CT molecular complexity index is 629. The van der Waals surface area contributed by atoms with Gasteiger partial charge in [-0.05, 0) is 18.4 Å². The lowest BCUT2D eigenvalue weighted by Crippen LogP contribution is -2.37. The summed E-state index contributed by atoms with van der Waals surface area (Å²) in [6, 6.07) is 10.4. The second kappa shape index (κ2) is 7.40. The number of hydrogen-bond donors (Lipinski definition) is 0. The van der Waals surface area contributed by atoms with Crippen molar-refractivity contribution in [2.45, 2.75) is 51.1 Å². The van der Waals surface area contributed by atoms with Crippen LogP contribution < -0.4 is 0 Å². The average Bonchev–Trinajstić information content (AvgIpc) is 2.87. The van der Waals surface area contributed by atoms with E-state index in [1.165, 1.54) is 25.7 Å². The summed E-state index contributed by atoms with van der Waals surface area (Å²) < 4.78 is 1.73. The van der Waals surface area contributed by atoms with E-state index in [1.54, 1.807) is 10.9 Å². The predicted molar refractivity (Wildman–Crippen MR) is 89.1 cm³/mol. The van der Waals surface area contributed by atoms with Gasteiger partial charge in [0.15, 0.2) is 5.69 Å². The molecule has 5 nitrogen and oxygen atoms in total. The zero-order valence-electron chi connectivity index (χ0n) is 13.7. The molecule has 1 aromatic carbocycles. The van der Waals surface area contributed by atoms with Gasteiger partial charge in [-0.15, -0.1) is 5.10 Å². The molecule has 1 fully saturated rings. The molecule has 2 aromatic rings. The van der Waals surface area contributed by atoms with E-state index in [9.17, 15) is 4.79 Å². The molecule has 1 aliphatic rings. The molecule has 0 N–H and O–H groups in total. The molecule has 0 unspecified atom stereocenters. The van der Waals surface area contributed by atoms with Crippen molar-refractivity contribution >= 4 is 5.91 Å². The highest BCUT2D eigenvalue weighted by molar-refractivity contribution is 5.91. The maximum atomic E-state index is 12.6. The fraction of sp³-hybridized carbons (Fsp3) is 0.500. The van der Waals surface area contributed by atoms with Crippen molar-refractivity contribution in [2.75, 3.05) is 7.05 Å². The normalized spacial score (nSPS) is 16.0. The number of rotatable bonds is 4. The minimum absolute atomic E-state index is 0.0174. The van der Waals surface area contributed by atoms with Gasteiger partial charge in [0.2, 0.25) is 0 Å². The summed E-state index contributed by atoms with van der Waals surface area (Å²) in [5.41, 5.74) is 1.58. The summed E-state index contributed by atoms with van der Waals surface area (Å²) >= 11 is 0. The minimum Gasteiger partial charge on any atom is -0.337 e. The first kappa shape index (κ1) is 15.7. The smallest absolute Gasteiger partial charge is 0.276 e. The molecule has 0 saturated heterocycles. The van der Waals surface area contributed by atoms with Crippen LogP contribution in [-0.4, -0.2) is 38.9 Å². The molecule has 0 bridgehead atoms. The monoisotopic (exact) mass is 312 g/mol. The number of hydrogen-bond acceptors (Lipinski definition) is 3. The first-order valence-electron chi connectivity index (χ1n) is 8.45. The highest BCUT2D eigenvalue weighted by atomic mass is 16.2. The zero-order valence-corrected chi connectivity index (χ0v) is 13.7. The van der Waals surface area contributed by atoms with Gasteiger partial charge in [0.05, 0.1) is 12.7 Å². The van der Waals surface area contributed by atoms with Crippen molar-refractivity contribution < 1.29 is 4.79 Å². The maximum absolute atomic E-state index is 12.6. The second-order valence-corrected chi connectivity index (χ2v) is 6.35. The zero-order chi connectivity index (χ0) is 16.1. The van der Waals surface area contributed by atoms with Crippen LogP contribution >= 0.6 is 0 Å². The van der Waals surface area contributed by atoms with Crippen LogP contribution in [0.4, 0.5) is 0 Å². The number of carbonyl (C=O) groups excluding carboxylic acids is 1. The molecule has 0 spiro atoms. The third-order valence-corrected chi connectivity index (χ3v) is 4.64. The summed E-state index contributed by atoms with van der Waals surface area (Å²) in [6.07, 6.45) is 8.94. The predicted octanol–water partition coefficient (Wildman–Crippen LogP) is 3.12. The molecule has 1 amide bonds. The fourth-order valence-electron chi connectivity index (χ4n) is 3.24. The lowest BCUT2D eigenvalue weighted by Gasteiger charge is -2.26. The van der Waals surface area contributed by atoms with Crippen molar-refractivity contribution in [1.82, 2.24) is 19.9 Å². The van der Waals surface area contributed by atoms with Crippen LogP contribution in [0, 0.1) is 0 Å². The minimum atomic E-state index is -0.0174. The molecule has 0 radical (unpaired) electrons. The molecule has 1 aliphatic carbocycles. The van der Waals surface area contributed by atoms with Crippen LogP contribution in [0.5, 0.6) is 0 Å². The second-order valence-electron chi connectivity index (χ2n) is 6.35. The van der Waals surface area contributed by atoms with Crippen molar-refractivity contribution in [2.24, 2.45) is 0 Å². The third-order valence-electron chi connectivity index (χ3n) is 4.64. The number of amides is 1. The molecule has 5 heteroatoms. The summed E-state index contributed by atoms with van der Waals surface area (Å²) in [6.45, 7) is 0.633. The van der Waals surface area contributed by atoms with Crippen LogP contribution in [0.1, 0.15) is 54.6 Å². The average molecular weight is 312 g/mol. The quantitative estimate of drug-likeness (QED) is 0.815. The molecule has 1 aromatic heterocycles. The molecule has 1 saturated carbocycles. The number of benzene rings is 1. The molecule has 122 valence electrons. The van der Waals surface area contributed by atoms with Crippen molar-refractivity contribution in [1.29, 1.82) is 0 Å². The lowest BCUT2D eigenvalue weighted by molar-refractivity contribution is 0.0711. The van der Waals surface area contributed by atoms with E-state index in [0.29, 0.717) is 18.3 Å². The number of aromatic nitrogens is 3. The summed E-state index contributed by atoms with van der Waals surface area (Å²) in [5, 5.41) is 8.17. The summed E-state index contributed by atoms with van der Waals surface area (Å²) in [4.78, 5) is 14.5. The van der Waals surface area contributed by atoms with Crippen LogP contribution in [0.25, 0.3) is 0 Å². The molecule has 23 heavy (non-hydrogen) atoms. The van der Waals surface area contributed by atoms with Gasteiger partial charge in [-0.25, -0.2) is 4.68 Å². The molecule has 0 aliphatic heterocycles. The van der Waals surface area contributed by atoms with Crippen molar-refractivity contribution in [3.8, 4) is 0 Å². The molecular formula is C18H24N4O. The highest BCUT2D eigenvalue weighted by Gasteiger charge is 2.24. The fourth-order valence-corrected chi connectivity index (χ4v) is 3.24. The van der Waals surface area contributed by atoms with E-state index < -0.39 is 0 Å². The van der Waals surface area contributed by atoms with E-state index in [-0.39, 0.29) is 5.91 Å². The number of nitrogens with zero attached hydrogens (tertiary/aromatic N) is 4. The van der Waals surface area contributed by atoms with Gasteiger partial charge < -0.3 is 4.90 Å². The molecule has 1 heterocycles. The Morgan fingerprint density at radius 3 is 2.57 bits per heavy atom. The van der Waals surface area contributed by atoms with Gasteiger partial charge in [0.1, 0.15) is 0 Å². The lowest BCUT2D eigenvalue weighted by atomic mass is 10.1. The Labute approximate surface area is 137 Å².